The van der Waals surface area contributed by atoms with E-state index in [1.54, 1.807) is 6.07 Å². The lowest BCUT2D eigenvalue weighted by atomic mass is 10.0. The minimum Gasteiger partial charge on any atom is -0.395 e. The van der Waals surface area contributed by atoms with E-state index < -0.39 is 0 Å². The number of aliphatic hydroxyl groups excluding tert-OH is 1. The molecular weight excluding hydrogens is 237 g/mol. The van der Waals surface area contributed by atoms with E-state index in [4.69, 9.17) is 5.73 Å². The average Bonchev–Trinajstić information content (AvgIpc) is 2.24. The third-order valence-corrected chi connectivity index (χ3v) is 3.81. The highest BCUT2D eigenvalue weighted by molar-refractivity contribution is 8.00. The molecular formula is C13H20FNOS. The predicted molar refractivity (Wildman–Crippen MR) is 70.6 cm³/mol. The second kappa shape index (κ2) is 6.99. The molecule has 0 saturated heterocycles. The predicted octanol–water partition coefficient (Wildman–Crippen LogP) is 2.65. The van der Waals surface area contributed by atoms with E-state index in [0.717, 1.165) is 11.3 Å². The maximum absolute atomic E-state index is 13.0. The van der Waals surface area contributed by atoms with Crippen molar-refractivity contribution >= 4 is 11.8 Å². The molecule has 4 heteroatoms. The Kier molecular flexibility index (Phi) is 5.95. The van der Waals surface area contributed by atoms with Gasteiger partial charge in [-0.1, -0.05) is 19.9 Å². The summed E-state index contributed by atoms with van der Waals surface area (Å²) in [6.45, 7) is 4.21. The molecule has 1 aromatic rings. The van der Waals surface area contributed by atoms with Gasteiger partial charge >= 0.3 is 0 Å². The van der Waals surface area contributed by atoms with Crippen LogP contribution in [0.5, 0.6) is 0 Å². The van der Waals surface area contributed by atoms with Crippen LogP contribution in [0.3, 0.4) is 0 Å². The van der Waals surface area contributed by atoms with Crippen molar-refractivity contribution in [1.29, 1.82) is 0 Å². The number of benzene rings is 1. The van der Waals surface area contributed by atoms with Crippen molar-refractivity contribution in [2.24, 2.45) is 11.7 Å². The van der Waals surface area contributed by atoms with Gasteiger partial charge in [0.1, 0.15) is 5.82 Å². The largest absolute Gasteiger partial charge is 0.395 e. The van der Waals surface area contributed by atoms with Crippen LogP contribution in [0, 0.1) is 11.7 Å². The van der Waals surface area contributed by atoms with Crippen LogP contribution < -0.4 is 5.73 Å². The molecule has 0 fully saturated rings. The van der Waals surface area contributed by atoms with Gasteiger partial charge in [0.2, 0.25) is 0 Å². The van der Waals surface area contributed by atoms with E-state index in [2.05, 4.69) is 13.8 Å². The molecule has 0 aliphatic carbocycles. The molecule has 1 rings (SSSR count). The van der Waals surface area contributed by atoms with Gasteiger partial charge in [0.25, 0.3) is 0 Å². The van der Waals surface area contributed by atoms with Gasteiger partial charge in [0.15, 0.2) is 0 Å². The molecule has 17 heavy (non-hydrogen) atoms. The maximum atomic E-state index is 13.0. The molecule has 0 amide bonds. The summed E-state index contributed by atoms with van der Waals surface area (Å²) in [7, 11) is 0. The van der Waals surface area contributed by atoms with Gasteiger partial charge in [-0.25, -0.2) is 4.39 Å². The second-order valence-electron chi connectivity index (χ2n) is 4.59. The molecule has 2 unspecified atom stereocenters. The molecule has 0 aliphatic rings. The molecule has 0 radical (unpaired) electrons. The van der Waals surface area contributed by atoms with Crippen LogP contribution in [-0.2, 0) is 0 Å². The number of thioether (sulfide) groups is 1. The summed E-state index contributed by atoms with van der Waals surface area (Å²) in [6, 6.07) is 6.30. The van der Waals surface area contributed by atoms with Crippen LogP contribution in [0.15, 0.2) is 29.2 Å². The summed E-state index contributed by atoms with van der Waals surface area (Å²) in [4.78, 5) is 0.809. The van der Waals surface area contributed by atoms with Gasteiger partial charge in [-0.3, -0.25) is 0 Å². The highest BCUT2D eigenvalue weighted by Crippen LogP contribution is 2.27. The molecule has 1 aromatic carbocycles. The standard InChI is InChI=1S/C13H20FNOS/c1-9(2)6-12(15)13(8-16)17-11-5-3-4-10(14)7-11/h3-5,7,9,12-13,16H,6,8,15H2,1-2H3. The first-order valence-corrected chi connectivity index (χ1v) is 6.69. The minimum atomic E-state index is -0.260. The summed E-state index contributed by atoms with van der Waals surface area (Å²) in [5, 5.41) is 9.26. The maximum Gasteiger partial charge on any atom is 0.124 e. The Morgan fingerprint density at radius 2 is 2.12 bits per heavy atom. The molecule has 2 atom stereocenters. The molecule has 0 saturated carbocycles. The van der Waals surface area contributed by atoms with Crippen molar-refractivity contribution in [1.82, 2.24) is 0 Å². The van der Waals surface area contributed by atoms with Gasteiger partial charge in [0, 0.05) is 16.2 Å². The zero-order valence-corrected chi connectivity index (χ0v) is 11.1. The van der Waals surface area contributed by atoms with Crippen LogP contribution in [-0.4, -0.2) is 23.0 Å². The molecule has 3 N–H and O–H groups in total. The van der Waals surface area contributed by atoms with Crippen molar-refractivity contribution in [2.45, 2.75) is 36.5 Å². The quantitative estimate of drug-likeness (QED) is 0.770. The molecule has 0 aliphatic heterocycles. The van der Waals surface area contributed by atoms with Gasteiger partial charge in [-0.05, 0) is 30.5 Å². The van der Waals surface area contributed by atoms with Gasteiger partial charge in [-0.2, -0.15) is 0 Å². The normalized spacial score (nSPS) is 14.9. The zero-order chi connectivity index (χ0) is 12.8. The van der Waals surface area contributed by atoms with E-state index in [1.807, 2.05) is 6.07 Å². The van der Waals surface area contributed by atoms with Crippen molar-refractivity contribution in [3.63, 3.8) is 0 Å². The molecule has 96 valence electrons. The van der Waals surface area contributed by atoms with E-state index in [9.17, 15) is 9.50 Å². The summed E-state index contributed by atoms with van der Waals surface area (Å²) >= 11 is 1.44. The number of hydrogen-bond acceptors (Lipinski definition) is 3. The molecule has 0 spiro atoms. The molecule has 2 nitrogen and oxygen atoms in total. The summed E-state index contributed by atoms with van der Waals surface area (Å²) in [5.41, 5.74) is 6.04. The van der Waals surface area contributed by atoms with Crippen LogP contribution in [0.2, 0.25) is 0 Å². The molecule has 0 aromatic heterocycles. The molecule has 0 heterocycles. The Morgan fingerprint density at radius 3 is 2.65 bits per heavy atom. The van der Waals surface area contributed by atoms with Crippen LogP contribution in [0.25, 0.3) is 0 Å². The van der Waals surface area contributed by atoms with Crippen LogP contribution in [0.4, 0.5) is 4.39 Å². The summed E-state index contributed by atoms with van der Waals surface area (Å²) in [6.07, 6.45) is 0.855. The van der Waals surface area contributed by atoms with Crippen molar-refractivity contribution in [3.05, 3.63) is 30.1 Å². The van der Waals surface area contributed by atoms with Gasteiger partial charge in [0.05, 0.1) is 6.61 Å². The number of rotatable bonds is 6. The first-order chi connectivity index (χ1) is 8.02. The van der Waals surface area contributed by atoms with Crippen LogP contribution in [0.1, 0.15) is 20.3 Å². The average molecular weight is 257 g/mol. The van der Waals surface area contributed by atoms with Crippen molar-refractivity contribution < 1.29 is 9.50 Å². The van der Waals surface area contributed by atoms with E-state index >= 15 is 0 Å². The fourth-order valence-electron chi connectivity index (χ4n) is 1.67. The smallest absolute Gasteiger partial charge is 0.124 e. The number of nitrogens with two attached hydrogens (primary N) is 1. The fourth-order valence-corrected chi connectivity index (χ4v) is 2.72. The minimum absolute atomic E-state index is 0.00899. The number of hydrogen-bond donors (Lipinski definition) is 2. The third kappa shape index (κ3) is 5.06. The Hall–Kier alpha value is -0.580. The number of aliphatic hydroxyl groups is 1. The number of halogens is 1. The SMILES string of the molecule is CC(C)CC(N)C(CO)Sc1cccc(F)c1. The van der Waals surface area contributed by atoms with E-state index in [1.165, 1.54) is 23.9 Å². The topological polar surface area (TPSA) is 46.2 Å². The molecule has 0 bridgehead atoms. The van der Waals surface area contributed by atoms with Gasteiger partial charge < -0.3 is 10.8 Å². The lowest BCUT2D eigenvalue weighted by Gasteiger charge is -2.23. The Bertz CT molecular complexity index is 346. The second-order valence-corrected chi connectivity index (χ2v) is 5.90. The zero-order valence-electron chi connectivity index (χ0n) is 10.3. The Balaban J connectivity index is 2.63. The summed E-state index contributed by atoms with van der Waals surface area (Å²) < 4.78 is 13.0. The third-order valence-electron chi connectivity index (χ3n) is 2.48. The van der Waals surface area contributed by atoms with Crippen molar-refractivity contribution in [3.8, 4) is 0 Å². The highest BCUT2D eigenvalue weighted by atomic mass is 32.2. The Labute approximate surface area is 106 Å². The lowest BCUT2D eigenvalue weighted by Crippen LogP contribution is -2.36. The highest BCUT2D eigenvalue weighted by Gasteiger charge is 2.19. The Morgan fingerprint density at radius 1 is 1.41 bits per heavy atom. The first kappa shape index (κ1) is 14.5. The monoisotopic (exact) mass is 257 g/mol. The lowest BCUT2D eigenvalue weighted by molar-refractivity contribution is 0.275. The summed E-state index contributed by atoms with van der Waals surface area (Å²) in [5.74, 6) is 0.233. The fraction of sp³-hybridized carbons (Fsp3) is 0.538. The van der Waals surface area contributed by atoms with E-state index in [0.29, 0.717) is 5.92 Å². The van der Waals surface area contributed by atoms with Crippen LogP contribution >= 0.6 is 11.8 Å². The van der Waals surface area contributed by atoms with Gasteiger partial charge in [-0.15, -0.1) is 11.8 Å². The van der Waals surface area contributed by atoms with E-state index in [-0.39, 0.29) is 23.7 Å². The van der Waals surface area contributed by atoms with Crippen molar-refractivity contribution in [2.75, 3.05) is 6.61 Å². The first-order valence-electron chi connectivity index (χ1n) is 5.81.